The summed E-state index contributed by atoms with van der Waals surface area (Å²) in [5.41, 5.74) is 1.23. The van der Waals surface area contributed by atoms with Gasteiger partial charge in [-0.3, -0.25) is 4.98 Å². The second-order valence-corrected chi connectivity index (χ2v) is 4.81. The van der Waals surface area contributed by atoms with Crippen LogP contribution in [0.15, 0.2) is 36.9 Å². The van der Waals surface area contributed by atoms with Crippen molar-refractivity contribution in [1.82, 2.24) is 19.9 Å². The lowest BCUT2D eigenvalue weighted by Crippen LogP contribution is -2.26. The molecule has 94 valence electrons. The summed E-state index contributed by atoms with van der Waals surface area (Å²) in [5.74, 6) is 1.78. The lowest BCUT2D eigenvalue weighted by molar-refractivity contribution is 0.423. The molecule has 4 nitrogen and oxygen atoms in total. The van der Waals surface area contributed by atoms with Crippen molar-refractivity contribution in [3.05, 3.63) is 48.3 Å². The molecule has 2 aromatic rings. The summed E-state index contributed by atoms with van der Waals surface area (Å²) in [5, 5.41) is 3.51. The first-order valence-corrected chi connectivity index (χ1v) is 6.54. The standard InChI is InChI=1S/C14H18N4/c1-3-12(9-15-5-1)10-16-11-13-4-2-7-18-8-6-17-14(13)18/h1,3,5-6,8-9,13,16H,2,4,7,10-11H2. The molecule has 0 bridgehead atoms. The van der Waals surface area contributed by atoms with Crippen LogP contribution in [0.5, 0.6) is 0 Å². The first-order chi connectivity index (χ1) is 8.93. The average Bonchev–Trinajstić information content (AvgIpc) is 2.89. The van der Waals surface area contributed by atoms with E-state index in [1.807, 2.05) is 18.5 Å². The zero-order valence-corrected chi connectivity index (χ0v) is 10.4. The summed E-state index contributed by atoms with van der Waals surface area (Å²) in [7, 11) is 0. The molecule has 0 radical (unpaired) electrons. The monoisotopic (exact) mass is 242 g/mol. The van der Waals surface area contributed by atoms with Gasteiger partial charge in [-0.05, 0) is 24.5 Å². The minimum atomic E-state index is 0.547. The maximum atomic E-state index is 4.47. The molecule has 18 heavy (non-hydrogen) atoms. The molecule has 1 aliphatic heterocycles. The number of pyridine rings is 1. The van der Waals surface area contributed by atoms with Gasteiger partial charge in [0.15, 0.2) is 0 Å². The highest BCUT2D eigenvalue weighted by atomic mass is 15.1. The Labute approximate surface area is 107 Å². The Balaban J connectivity index is 1.56. The first-order valence-electron chi connectivity index (χ1n) is 6.54. The van der Waals surface area contributed by atoms with Crippen LogP contribution in [0.1, 0.15) is 30.1 Å². The lowest BCUT2D eigenvalue weighted by Gasteiger charge is -2.23. The fourth-order valence-electron chi connectivity index (χ4n) is 2.59. The Hall–Kier alpha value is -1.68. The molecular weight excluding hydrogens is 224 g/mol. The number of rotatable bonds is 4. The minimum absolute atomic E-state index is 0.547. The summed E-state index contributed by atoms with van der Waals surface area (Å²) in [6.45, 7) is 2.99. The second-order valence-electron chi connectivity index (χ2n) is 4.81. The molecule has 3 heterocycles. The van der Waals surface area contributed by atoms with Crippen molar-refractivity contribution < 1.29 is 0 Å². The molecule has 3 rings (SSSR count). The van der Waals surface area contributed by atoms with E-state index in [-0.39, 0.29) is 0 Å². The van der Waals surface area contributed by atoms with Gasteiger partial charge < -0.3 is 9.88 Å². The molecule has 0 saturated carbocycles. The summed E-state index contributed by atoms with van der Waals surface area (Å²) in [6, 6.07) is 4.08. The Kier molecular flexibility index (Phi) is 3.37. The SMILES string of the molecule is c1cncc(CNCC2CCCn3ccnc32)c1. The van der Waals surface area contributed by atoms with Gasteiger partial charge >= 0.3 is 0 Å². The molecule has 0 saturated heterocycles. The van der Waals surface area contributed by atoms with Gasteiger partial charge in [0.05, 0.1) is 0 Å². The van der Waals surface area contributed by atoms with Crippen LogP contribution in [0.3, 0.4) is 0 Å². The molecule has 0 amide bonds. The fourth-order valence-corrected chi connectivity index (χ4v) is 2.59. The van der Waals surface area contributed by atoms with Crippen molar-refractivity contribution in [2.24, 2.45) is 0 Å². The molecule has 0 aromatic carbocycles. The van der Waals surface area contributed by atoms with Gasteiger partial charge in [0, 0.05) is 50.3 Å². The van der Waals surface area contributed by atoms with E-state index in [2.05, 4.69) is 32.1 Å². The van der Waals surface area contributed by atoms with Crippen LogP contribution < -0.4 is 5.32 Å². The molecule has 0 fully saturated rings. The highest BCUT2D eigenvalue weighted by Gasteiger charge is 2.20. The highest BCUT2D eigenvalue weighted by molar-refractivity contribution is 5.09. The van der Waals surface area contributed by atoms with Gasteiger partial charge in [0.25, 0.3) is 0 Å². The van der Waals surface area contributed by atoms with E-state index in [4.69, 9.17) is 0 Å². The van der Waals surface area contributed by atoms with E-state index in [0.717, 1.165) is 19.6 Å². The van der Waals surface area contributed by atoms with Crippen LogP contribution in [0, 0.1) is 0 Å². The normalized spacial score (nSPS) is 18.6. The molecule has 0 aliphatic carbocycles. The van der Waals surface area contributed by atoms with Gasteiger partial charge in [-0.1, -0.05) is 6.07 Å². The van der Waals surface area contributed by atoms with Gasteiger partial charge in [-0.15, -0.1) is 0 Å². The largest absolute Gasteiger partial charge is 0.335 e. The predicted molar refractivity (Wildman–Crippen MR) is 70.1 cm³/mol. The Morgan fingerprint density at radius 3 is 3.28 bits per heavy atom. The molecule has 1 unspecified atom stereocenters. The molecule has 2 aromatic heterocycles. The number of aryl methyl sites for hydroxylation is 1. The average molecular weight is 242 g/mol. The summed E-state index contributed by atoms with van der Waals surface area (Å²) < 4.78 is 2.28. The van der Waals surface area contributed by atoms with E-state index in [1.165, 1.54) is 24.2 Å². The van der Waals surface area contributed by atoms with Gasteiger partial charge in [0.2, 0.25) is 0 Å². The van der Waals surface area contributed by atoms with Gasteiger partial charge in [-0.2, -0.15) is 0 Å². The lowest BCUT2D eigenvalue weighted by atomic mass is 9.99. The smallest absolute Gasteiger partial charge is 0.113 e. The topological polar surface area (TPSA) is 42.7 Å². The molecule has 1 aliphatic rings. The quantitative estimate of drug-likeness (QED) is 0.891. The third kappa shape index (κ3) is 2.43. The van der Waals surface area contributed by atoms with Crippen LogP contribution in [0.4, 0.5) is 0 Å². The second kappa shape index (κ2) is 5.31. The summed E-state index contributed by atoms with van der Waals surface area (Å²) >= 11 is 0. The van der Waals surface area contributed by atoms with Gasteiger partial charge in [-0.25, -0.2) is 4.98 Å². The molecule has 1 atom stereocenters. The maximum Gasteiger partial charge on any atom is 0.113 e. The third-order valence-corrected chi connectivity index (χ3v) is 3.51. The van der Waals surface area contributed by atoms with E-state index in [1.54, 1.807) is 6.20 Å². The van der Waals surface area contributed by atoms with Crippen LogP contribution in [-0.4, -0.2) is 21.1 Å². The maximum absolute atomic E-state index is 4.47. The van der Waals surface area contributed by atoms with Crippen LogP contribution in [0.25, 0.3) is 0 Å². The van der Waals surface area contributed by atoms with Crippen molar-refractivity contribution in [3.63, 3.8) is 0 Å². The zero-order chi connectivity index (χ0) is 12.2. The molecule has 0 spiro atoms. The number of nitrogens with zero attached hydrogens (tertiary/aromatic N) is 3. The van der Waals surface area contributed by atoms with Crippen LogP contribution >= 0.6 is 0 Å². The Morgan fingerprint density at radius 1 is 1.39 bits per heavy atom. The van der Waals surface area contributed by atoms with Crippen LogP contribution in [-0.2, 0) is 13.1 Å². The highest BCUT2D eigenvalue weighted by Crippen LogP contribution is 2.24. The number of fused-ring (bicyclic) bond motifs is 1. The third-order valence-electron chi connectivity index (χ3n) is 3.51. The summed E-state index contributed by atoms with van der Waals surface area (Å²) in [6.07, 6.45) is 10.2. The van der Waals surface area contributed by atoms with E-state index < -0.39 is 0 Å². The zero-order valence-electron chi connectivity index (χ0n) is 10.4. The van der Waals surface area contributed by atoms with Crippen LogP contribution in [0.2, 0.25) is 0 Å². The number of hydrogen-bond donors (Lipinski definition) is 1. The molecular formula is C14H18N4. The van der Waals surface area contributed by atoms with Crippen molar-refractivity contribution >= 4 is 0 Å². The molecule has 4 heteroatoms. The van der Waals surface area contributed by atoms with Crippen molar-refractivity contribution in [1.29, 1.82) is 0 Å². The summed E-state index contributed by atoms with van der Waals surface area (Å²) in [4.78, 5) is 8.60. The van der Waals surface area contributed by atoms with E-state index in [9.17, 15) is 0 Å². The predicted octanol–water partition coefficient (Wildman–Crippen LogP) is 1.95. The van der Waals surface area contributed by atoms with Crippen molar-refractivity contribution in [2.45, 2.75) is 31.8 Å². The fraction of sp³-hybridized carbons (Fsp3) is 0.429. The number of imidazole rings is 1. The molecule has 1 N–H and O–H groups in total. The number of aromatic nitrogens is 3. The Morgan fingerprint density at radius 2 is 2.39 bits per heavy atom. The Bertz CT molecular complexity index is 492. The van der Waals surface area contributed by atoms with Crippen molar-refractivity contribution in [2.75, 3.05) is 6.54 Å². The van der Waals surface area contributed by atoms with Crippen molar-refractivity contribution in [3.8, 4) is 0 Å². The van der Waals surface area contributed by atoms with E-state index in [0.29, 0.717) is 5.92 Å². The first kappa shape index (κ1) is 11.4. The van der Waals surface area contributed by atoms with E-state index >= 15 is 0 Å². The minimum Gasteiger partial charge on any atom is -0.335 e. The number of nitrogens with one attached hydrogen (secondary N) is 1. The van der Waals surface area contributed by atoms with Gasteiger partial charge in [0.1, 0.15) is 5.82 Å². The number of hydrogen-bond acceptors (Lipinski definition) is 3.